The van der Waals surface area contributed by atoms with Crippen molar-refractivity contribution in [2.75, 3.05) is 18.6 Å². The van der Waals surface area contributed by atoms with E-state index in [1.165, 1.54) is 16.7 Å². The van der Waals surface area contributed by atoms with Crippen LogP contribution in [0.15, 0.2) is 30.3 Å². The lowest BCUT2D eigenvalue weighted by Gasteiger charge is -2.27. The van der Waals surface area contributed by atoms with E-state index >= 15 is 0 Å². The lowest BCUT2D eigenvalue weighted by Crippen LogP contribution is -2.54. The minimum absolute atomic E-state index is 0.271. The molecule has 0 bridgehead atoms. The molecule has 1 aromatic carbocycles. The summed E-state index contributed by atoms with van der Waals surface area (Å²) in [6.45, 7) is 0.460. The van der Waals surface area contributed by atoms with Crippen molar-refractivity contribution >= 4 is 29.5 Å². The molecule has 0 radical (unpaired) electrons. The number of benzene rings is 1. The normalized spacial score (nSPS) is 18.7. The zero-order valence-corrected chi connectivity index (χ0v) is 16.3. The first-order chi connectivity index (χ1) is 12.9. The Balaban J connectivity index is 1.99. The average molecular weight is 394 g/mol. The second-order valence-corrected chi connectivity index (χ2v) is 7.65. The number of aliphatic carboxylic acids is 1. The lowest BCUT2D eigenvalue weighted by atomic mass is 10.0. The van der Waals surface area contributed by atoms with Gasteiger partial charge < -0.3 is 21.1 Å². The van der Waals surface area contributed by atoms with Crippen molar-refractivity contribution in [1.82, 2.24) is 10.2 Å². The summed E-state index contributed by atoms with van der Waals surface area (Å²) in [5.74, 6) is -1.12. The number of nitrogens with zero attached hydrogens (tertiary/aromatic N) is 1. The number of carboxylic acids is 1. The van der Waals surface area contributed by atoms with Gasteiger partial charge in [-0.15, -0.1) is 0 Å². The zero-order chi connectivity index (χ0) is 19.8. The molecule has 1 aliphatic heterocycles. The topological polar surface area (TPSA) is 113 Å². The fourth-order valence-electron chi connectivity index (χ4n) is 3.23. The molecular weight excluding hydrogens is 366 g/mol. The molecule has 1 aliphatic rings. The quantitative estimate of drug-likeness (QED) is 0.574. The Bertz CT molecular complexity index is 656. The number of carbonyl (C=O) groups excluding carboxylic acids is 2. The molecule has 0 spiro atoms. The van der Waals surface area contributed by atoms with Crippen LogP contribution in [0.5, 0.6) is 0 Å². The number of hydrogen-bond donors (Lipinski definition) is 3. The standard InChI is InChI=1S/C19H27N3O4S/c1-27-11-9-15(19(25)26)21-17(23)16-8-5-10-22(16)18(24)14(20)12-13-6-3-2-4-7-13/h2-4,6-7,14-16H,5,8-12,20H2,1H3,(H,21,23)(H,25,26)/t14-,15-,16-/m0/s1. The first-order valence-electron chi connectivity index (χ1n) is 9.06. The van der Waals surface area contributed by atoms with Crippen LogP contribution in [-0.4, -0.2) is 64.5 Å². The molecule has 4 N–H and O–H groups in total. The molecule has 7 nitrogen and oxygen atoms in total. The van der Waals surface area contributed by atoms with Crippen LogP contribution in [0.2, 0.25) is 0 Å². The molecule has 0 unspecified atom stereocenters. The van der Waals surface area contributed by atoms with Gasteiger partial charge in [-0.2, -0.15) is 11.8 Å². The molecule has 0 aromatic heterocycles. The van der Waals surface area contributed by atoms with Gasteiger partial charge in [0.25, 0.3) is 0 Å². The van der Waals surface area contributed by atoms with Crippen LogP contribution >= 0.6 is 11.8 Å². The highest BCUT2D eigenvalue weighted by molar-refractivity contribution is 7.98. The van der Waals surface area contributed by atoms with Gasteiger partial charge in [-0.05, 0) is 43.3 Å². The summed E-state index contributed by atoms with van der Waals surface area (Å²) < 4.78 is 0. The fraction of sp³-hybridized carbons (Fsp3) is 0.526. The maximum absolute atomic E-state index is 12.8. The average Bonchev–Trinajstić information content (AvgIpc) is 3.14. The molecule has 27 heavy (non-hydrogen) atoms. The second kappa shape index (κ2) is 10.3. The van der Waals surface area contributed by atoms with Gasteiger partial charge >= 0.3 is 5.97 Å². The number of carbonyl (C=O) groups is 3. The number of nitrogens with one attached hydrogen (secondary N) is 1. The van der Waals surface area contributed by atoms with E-state index in [-0.39, 0.29) is 5.91 Å². The minimum Gasteiger partial charge on any atom is -0.480 e. The lowest BCUT2D eigenvalue weighted by molar-refractivity contribution is -0.144. The van der Waals surface area contributed by atoms with Crippen molar-refractivity contribution in [1.29, 1.82) is 0 Å². The van der Waals surface area contributed by atoms with Crippen molar-refractivity contribution in [3.8, 4) is 0 Å². The molecule has 1 heterocycles. The third-order valence-corrected chi connectivity index (χ3v) is 5.32. The van der Waals surface area contributed by atoms with Crippen LogP contribution < -0.4 is 11.1 Å². The maximum atomic E-state index is 12.8. The number of rotatable bonds is 9. The van der Waals surface area contributed by atoms with E-state index in [0.717, 1.165) is 5.56 Å². The number of thioether (sulfide) groups is 1. The highest BCUT2D eigenvalue weighted by Crippen LogP contribution is 2.19. The summed E-state index contributed by atoms with van der Waals surface area (Å²) in [6, 6.07) is 7.16. The van der Waals surface area contributed by atoms with Crippen molar-refractivity contribution in [2.45, 2.75) is 43.8 Å². The van der Waals surface area contributed by atoms with Gasteiger partial charge in [0.05, 0.1) is 6.04 Å². The largest absolute Gasteiger partial charge is 0.480 e. The van der Waals surface area contributed by atoms with E-state index < -0.39 is 30.0 Å². The first-order valence-corrected chi connectivity index (χ1v) is 10.5. The van der Waals surface area contributed by atoms with Gasteiger partial charge in [0.1, 0.15) is 12.1 Å². The Hall–Kier alpha value is -2.06. The number of likely N-dealkylation sites (tertiary alicyclic amines) is 1. The van der Waals surface area contributed by atoms with E-state index in [1.807, 2.05) is 36.6 Å². The molecule has 1 saturated heterocycles. The SMILES string of the molecule is CSCC[C@H](NC(=O)[C@@H]1CCCN1C(=O)[C@@H](N)Cc1ccccc1)C(=O)O. The van der Waals surface area contributed by atoms with E-state index in [4.69, 9.17) is 5.73 Å². The molecule has 3 atom stereocenters. The van der Waals surface area contributed by atoms with Crippen LogP contribution in [0, 0.1) is 0 Å². The van der Waals surface area contributed by atoms with Crippen LogP contribution in [-0.2, 0) is 20.8 Å². The van der Waals surface area contributed by atoms with Crippen LogP contribution in [0.1, 0.15) is 24.8 Å². The van der Waals surface area contributed by atoms with Crippen LogP contribution in [0.4, 0.5) is 0 Å². The summed E-state index contributed by atoms with van der Waals surface area (Å²) in [4.78, 5) is 38.2. The van der Waals surface area contributed by atoms with Gasteiger partial charge in [0, 0.05) is 6.54 Å². The summed E-state index contributed by atoms with van der Waals surface area (Å²) in [5, 5.41) is 11.9. The van der Waals surface area contributed by atoms with Crippen LogP contribution in [0.25, 0.3) is 0 Å². The molecule has 0 saturated carbocycles. The van der Waals surface area contributed by atoms with Crippen molar-refractivity contribution < 1.29 is 19.5 Å². The highest BCUT2D eigenvalue weighted by atomic mass is 32.2. The third kappa shape index (κ3) is 5.97. The Kier molecular flexibility index (Phi) is 8.12. The maximum Gasteiger partial charge on any atom is 0.326 e. The second-order valence-electron chi connectivity index (χ2n) is 6.67. The van der Waals surface area contributed by atoms with E-state index in [9.17, 15) is 19.5 Å². The van der Waals surface area contributed by atoms with Gasteiger partial charge in [-0.1, -0.05) is 30.3 Å². The van der Waals surface area contributed by atoms with E-state index in [1.54, 1.807) is 0 Å². The third-order valence-electron chi connectivity index (χ3n) is 4.68. The zero-order valence-electron chi connectivity index (χ0n) is 15.5. The van der Waals surface area contributed by atoms with Crippen molar-refractivity contribution in [2.24, 2.45) is 5.73 Å². The van der Waals surface area contributed by atoms with Crippen molar-refractivity contribution in [3.63, 3.8) is 0 Å². The highest BCUT2D eigenvalue weighted by Gasteiger charge is 2.37. The summed E-state index contributed by atoms with van der Waals surface area (Å²) >= 11 is 1.52. The fourth-order valence-corrected chi connectivity index (χ4v) is 3.70. The Labute approximate surface area is 163 Å². The van der Waals surface area contributed by atoms with Gasteiger partial charge in [0.2, 0.25) is 11.8 Å². The predicted octanol–water partition coefficient (Wildman–Crippen LogP) is 0.870. The number of hydrogen-bond acceptors (Lipinski definition) is 5. The monoisotopic (exact) mass is 393 g/mol. The van der Waals surface area contributed by atoms with Gasteiger partial charge in [-0.3, -0.25) is 9.59 Å². The number of carboxylic acid groups (broad SMARTS) is 1. The molecule has 148 valence electrons. The minimum atomic E-state index is -1.06. The molecule has 2 amide bonds. The molecular formula is C19H27N3O4S. The molecule has 0 aliphatic carbocycles. The van der Waals surface area contributed by atoms with Gasteiger partial charge in [-0.25, -0.2) is 4.79 Å². The van der Waals surface area contributed by atoms with Gasteiger partial charge in [0.15, 0.2) is 0 Å². The van der Waals surface area contributed by atoms with E-state index in [2.05, 4.69) is 5.32 Å². The number of amides is 2. The number of nitrogens with two attached hydrogens (primary N) is 1. The Morgan fingerprint density at radius 2 is 2.04 bits per heavy atom. The smallest absolute Gasteiger partial charge is 0.326 e. The predicted molar refractivity (Wildman–Crippen MR) is 105 cm³/mol. The summed E-state index contributed by atoms with van der Waals surface area (Å²) in [7, 11) is 0. The Morgan fingerprint density at radius 3 is 2.67 bits per heavy atom. The van der Waals surface area contributed by atoms with Crippen molar-refractivity contribution in [3.05, 3.63) is 35.9 Å². The molecule has 2 rings (SSSR count). The molecule has 1 aromatic rings. The van der Waals surface area contributed by atoms with Crippen LogP contribution in [0.3, 0.4) is 0 Å². The molecule has 8 heteroatoms. The summed E-state index contributed by atoms with van der Waals surface area (Å²) in [6.07, 6.45) is 3.84. The Morgan fingerprint density at radius 1 is 1.33 bits per heavy atom. The summed E-state index contributed by atoms with van der Waals surface area (Å²) in [5.41, 5.74) is 7.05. The first kappa shape index (κ1) is 21.2. The molecule has 1 fully saturated rings. The van der Waals surface area contributed by atoms with E-state index in [0.29, 0.717) is 38.0 Å².